The lowest BCUT2D eigenvalue weighted by atomic mass is 10.0. The summed E-state index contributed by atoms with van der Waals surface area (Å²) in [6, 6.07) is 18.2. The van der Waals surface area contributed by atoms with Crippen molar-refractivity contribution in [2.75, 3.05) is 0 Å². The molecule has 0 amide bonds. The molecule has 0 aliphatic rings. The lowest BCUT2D eigenvalue weighted by Crippen LogP contribution is -2.10. The zero-order valence-corrected chi connectivity index (χ0v) is 16.6. The maximum Gasteiger partial charge on any atom is 0.212 e. The highest BCUT2D eigenvalue weighted by Gasteiger charge is 2.30. The van der Waals surface area contributed by atoms with E-state index in [1.54, 1.807) is 36.4 Å². The summed E-state index contributed by atoms with van der Waals surface area (Å²) in [7, 11) is -4.78. The topological polar surface area (TPSA) is 34.1 Å². The van der Waals surface area contributed by atoms with E-state index >= 15 is 8.78 Å². The third kappa shape index (κ3) is 3.61. The van der Waals surface area contributed by atoms with Crippen molar-refractivity contribution in [1.29, 1.82) is 0 Å². The Balaban J connectivity index is 1.94. The van der Waals surface area contributed by atoms with Gasteiger partial charge in [0.05, 0.1) is 11.1 Å². The highest BCUT2D eigenvalue weighted by atomic mass is 32.2. The van der Waals surface area contributed by atoms with Crippen molar-refractivity contribution in [2.45, 2.75) is 9.79 Å². The summed E-state index contributed by atoms with van der Waals surface area (Å²) in [5.41, 5.74) is -0.849. The Kier molecular flexibility index (Phi) is 5.37. The van der Waals surface area contributed by atoms with Crippen LogP contribution < -0.4 is 0 Å². The molecule has 0 bridgehead atoms. The Bertz CT molecular complexity index is 1270. The Morgan fingerprint density at radius 3 is 1.19 bits per heavy atom. The van der Waals surface area contributed by atoms with Crippen LogP contribution in [0.2, 0.25) is 0 Å². The maximum atomic E-state index is 15.2. The van der Waals surface area contributed by atoms with Gasteiger partial charge >= 0.3 is 0 Å². The Morgan fingerprint density at radius 2 is 0.839 bits per heavy atom. The summed E-state index contributed by atoms with van der Waals surface area (Å²) < 4.78 is 85.5. The molecular formula is C24H14F4O2S. The molecule has 4 aromatic rings. The van der Waals surface area contributed by atoms with Crippen LogP contribution in [-0.2, 0) is 9.84 Å². The quantitative estimate of drug-likeness (QED) is 0.270. The van der Waals surface area contributed by atoms with Crippen LogP contribution in [0.1, 0.15) is 0 Å². The van der Waals surface area contributed by atoms with Crippen LogP contribution in [0.4, 0.5) is 17.6 Å². The fourth-order valence-electron chi connectivity index (χ4n) is 3.34. The SMILES string of the molecule is O=S(=O)(c1ccc(F)c(-c2ccccc2)c1F)c1ccc(F)c(-c2ccccc2)c1F. The van der Waals surface area contributed by atoms with Gasteiger partial charge in [0.15, 0.2) is 11.6 Å². The molecular weight excluding hydrogens is 428 g/mol. The molecule has 0 saturated heterocycles. The van der Waals surface area contributed by atoms with Crippen molar-refractivity contribution in [3.05, 3.63) is 108 Å². The second-order valence-corrected chi connectivity index (χ2v) is 8.59. The van der Waals surface area contributed by atoms with Crippen LogP contribution in [-0.4, -0.2) is 8.42 Å². The molecule has 0 unspecified atom stereocenters. The van der Waals surface area contributed by atoms with Crippen molar-refractivity contribution in [1.82, 2.24) is 0 Å². The predicted octanol–water partition coefficient (Wildman–Crippen LogP) is 6.41. The van der Waals surface area contributed by atoms with Gasteiger partial charge in [-0.3, -0.25) is 0 Å². The van der Waals surface area contributed by atoms with Crippen LogP contribution in [0.3, 0.4) is 0 Å². The monoisotopic (exact) mass is 442 g/mol. The van der Waals surface area contributed by atoms with Crippen molar-refractivity contribution < 1.29 is 26.0 Å². The molecule has 0 saturated carbocycles. The summed E-state index contributed by atoms with van der Waals surface area (Å²) in [5.74, 6) is -4.63. The standard InChI is InChI=1S/C24H14F4O2S/c25-17-11-13-19(23(27)21(17)15-7-3-1-4-8-15)31(29,30)20-14-12-18(26)22(24(20)28)16-9-5-2-6-10-16/h1-14H. The molecule has 2 nitrogen and oxygen atoms in total. The number of benzene rings is 4. The van der Waals surface area contributed by atoms with E-state index < -0.39 is 54.0 Å². The molecule has 156 valence electrons. The predicted molar refractivity (Wildman–Crippen MR) is 109 cm³/mol. The molecule has 0 aromatic heterocycles. The number of rotatable bonds is 4. The minimum absolute atomic E-state index is 0.124. The Labute approximate surface area is 176 Å². The fourth-order valence-corrected chi connectivity index (χ4v) is 4.75. The molecule has 0 aliphatic carbocycles. The molecule has 0 atom stereocenters. The Morgan fingerprint density at radius 1 is 0.484 bits per heavy atom. The minimum atomic E-state index is -4.78. The van der Waals surface area contributed by atoms with Gasteiger partial charge in [0.2, 0.25) is 9.84 Å². The van der Waals surface area contributed by atoms with E-state index in [1.165, 1.54) is 24.3 Å². The largest absolute Gasteiger partial charge is 0.218 e. The minimum Gasteiger partial charge on any atom is -0.218 e. The fraction of sp³-hybridized carbons (Fsp3) is 0. The van der Waals surface area contributed by atoms with Gasteiger partial charge in [0.25, 0.3) is 0 Å². The second kappa shape index (κ2) is 8.00. The van der Waals surface area contributed by atoms with Crippen LogP contribution in [0.5, 0.6) is 0 Å². The normalized spacial score (nSPS) is 11.5. The summed E-state index contributed by atoms with van der Waals surface area (Å²) in [6.07, 6.45) is 0. The zero-order valence-electron chi connectivity index (χ0n) is 15.8. The van der Waals surface area contributed by atoms with Crippen LogP contribution in [0.25, 0.3) is 22.3 Å². The van der Waals surface area contributed by atoms with Gasteiger partial charge in [0, 0.05) is 0 Å². The van der Waals surface area contributed by atoms with Crippen LogP contribution in [0.15, 0.2) is 94.7 Å². The van der Waals surface area contributed by atoms with Crippen molar-refractivity contribution in [2.24, 2.45) is 0 Å². The molecule has 0 aliphatic heterocycles. The average Bonchev–Trinajstić information content (AvgIpc) is 2.75. The van der Waals surface area contributed by atoms with Gasteiger partial charge in [-0.2, -0.15) is 0 Å². The van der Waals surface area contributed by atoms with Gasteiger partial charge in [-0.05, 0) is 35.4 Å². The summed E-state index contributed by atoms with van der Waals surface area (Å²) in [6.45, 7) is 0. The van der Waals surface area contributed by atoms with Crippen molar-refractivity contribution in [3.63, 3.8) is 0 Å². The van der Waals surface area contributed by atoms with E-state index in [1.807, 2.05) is 0 Å². The van der Waals surface area contributed by atoms with Gasteiger partial charge < -0.3 is 0 Å². The molecule has 7 heteroatoms. The lowest BCUT2D eigenvalue weighted by Gasteiger charge is -2.13. The van der Waals surface area contributed by atoms with E-state index in [2.05, 4.69) is 0 Å². The average molecular weight is 442 g/mol. The summed E-state index contributed by atoms with van der Waals surface area (Å²) in [4.78, 5) is -1.81. The first-order valence-corrected chi connectivity index (χ1v) is 10.6. The first kappa shape index (κ1) is 20.8. The molecule has 0 fully saturated rings. The smallest absolute Gasteiger partial charge is 0.212 e. The van der Waals surface area contributed by atoms with Gasteiger partial charge in [-0.15, -0.1) is 0 Å². The van der Waals surface area contributed by atoms with Gasteiger partial charge in [-0.25, -0.2) is 26.0 Å². The number of sulfone groups is 1. The van der Waals surface area contributed by atoms with Gasteiger partial charge in [-0.1, -0.05) is 60.7 Å². The van der Waals surface area contributed by atoms with E-state index in [9.17, 15) is 17.2 Å². The lowest BCUT2D eigenvalue weighted by molar-refractivity contribution is 0.540. The molecule has 31 heavy (non-hydrogen) atoms. The molecule has 4 aromatic carbocycles. The van der Waals surface area contributed by atoms with Crippen molar-refractivity contribution in [3.8, 4) is 22.3 Å². The summed E-state index contributed by atoms with van der Waals surface area (Å²) in [5, 5.41) is 0. The molecule has 0 radical (unpaired) electrons. The number of halogens is 4. The molecule has 0 heterocycles. The van der Waals surface area contributed by atoms with E-state index in [4.69, 9.17) is 0 Å². The van der Waals surface area contributed by atoms with Crippen LogP contribution >= 0.6 is 0 Å². The molecule has 4 rings (SSSR count). The Hall–Kier alpha value is -3.45. The highest BCUT2D eigenvalue weighted by molar-refractivity contribution is 7.91. The molecule has 0 spiro atoms. The van der Waals surface area contributed by atoms with E-state index in [0.29, 0.717) is 0 Å². The van der Waals surface area contributed by atoms with Gasteiger partial charge in [0.1, 0.15) is 21.4 Å². The van der Waals surface area contributed by atoms with Crippen LogP contribution in [0, 0.1) is 23.3 Å². The van der Waals surface area contributed by atoms with E-state index in [-0.39, 0.29) is 11.1 Å². The molecule has 0 N–H and O–H groups in total. The third-order valence-electron chi connectivity index (χ3n) is 4.82. The third-order valence-corrected chi connectivity index (χ3v) is 6.60. The maximum absolute atomic E-state index is 15.2. The zero-order chi connectivity index (χ0) is 22.2. The summed E-state index contributed by atoms with van der Waals surface area (Å²) >= 11 is 0. The highest BCUT2D eigenvalue weighted by Crippen LogP contribution is 2.36. The first-order chi connectivity index (χ1) is 14.8. The first-order valence-electron chi connectivity index (χ1n) is 9.14. The van der Waals surface area contributed by atoms with Crippen molar-refractivity contribution >= 4 is 9.84 Å². The number of hydrogen-bond donors (Lipinski definition) is 0. The number of hydrogen-bond acceptors (Lipinski definition) is 2. The second-order valence-electron chi connectivity index (χ2n) is 6.70. The van der Waals surface area contributed by atoms with E-state index in [0.717, 1.165) is 24.3 Å².